The highest BCUT2D eigenvalue weighted by Crippen LogP contribution is 2.43. The van der Waals surface area contributed by atoms with Crippen molar-refractivity contribution in [2.45, 2.75) is 24.5 Å². The summed E-state index contributed by atoms with van der Waals surface area (Å²) in [5.74, 6) is -0.0366. The lowest BCUT2D eigenvalue weighted by molar-refractivity contribution is -0.0548. The van der Waals surface area contributed by atoms with Gasteiger partial charge in [-0.2, -0.15) is 4.98 Å². The fourth-order valence-corrected chi connectivity index (χ4v) is 2.58. The fourth-order valence-electron chi connectivity index (χ4n) is 2.00. The standard InChI is InChI=1S/C9H14N3O8P/c10-5-1-2-12(9(15)11-5)8-6(14)7(4(3-13)19-8)20-21(16,17)18/h1-2,4,6-8,13-14H,3H2,(H2,10,11,15)(H2,16,17,18)/t4-,6?,7+,8-/m1/s1. The van der Waals surface area contributed by atoms with Crippen molar-refractivity contribution < 1.29 is 33.8 Å². The Morgan fingerprint density at radius 3 is 2.71 bits per heavy atom. The minimum atomic E-state index is -4.91. The van der Waals surface area contributed by atoms with Gasteiger partial charge >= 0.3 is 13.5 Å². The van der Waals surface area contributed by atoms with Crippen LogP contribution < -0.4 is 11.4 Å². The van der Waals surface area contributed by atoms with Crippen molar-refractivity contribution in [3.05, 3.63) is 22.7 Å². The Kier molecular flexibility index (Phi) is 4.44. The van der Waals surface area contributed by atoms with Gasteiger partial charge in [0.25, 0.3) is 0 Å². The van der Waals surface area contributed by atoms with Crippen molar-refractivity contribution in [1.29, 1.82) is 0 Å². The lowest BCUT2D eigenvalue weighted by Crippen LogP contribution is -2.37. The molecule has 0 aromatic carbocycles. The topological polar surface area (TPSA) is 177 Å². The lowest BCUT2D eigenvalue weighted by atomic mass is 10.1. The molecule has 1 fully saturated rings. The van der Waals surface area contributed by atoms with E-state index in [9.17, 15) is 14.5 Å². The maximum Gasteiger partial charge on any atom is 0.470 e. The molecule has 118 valence electrons. The number of aromatic nitrogens is 2. The first-order valence-corrected chi connectivity index (χ1v) is 7.29. The molecule has 1 aromatic heterocycles. The third kappa shape index (κ3) is 3.47. The zero-order chi connectivity index (χ0) is 15.8. The molecule has 0 amide bonds. The van der Waals surface area contributed by atoms with Crippen molar-refractivity contribution >= 4 is 13.6 Å². The van der Waals surface area contributed by atoms with Gasteiger partial charge in [-0.3, -0.25) is 9.09 Å². The molecule has 2 heterocycles. The molecule has 1 unspecified atom stereocenters. The first kappa shape index (κ1) is 16.0. The van der Waals surface area contributed by atoms with E-state index in [2.05, 4.69) is 9.51 Å². The summed E-state index contributed by atoms with van der Waals surface area (Å²) in [6, 6.07) is 1.28. The number of nitrogens with zero attached hydrogens (tertiary/aromatic N) is 2. The number of ether oxygens (including phenoxy) is 1. The van der Waals surface area contributed by atoms with Gasteiger partial charge in [-0.05, 0) is 6.07 Å². The highest BCUT2D eigenvalue weighted by Gasteiger charge is 2.48. The van der Waals surface area contributed by atoms with Crippen molar-refractivity contribution in [3.63, 3.8) is 0 Å². The summed E-state index contributed by atoms with van der Waals surface area (Å²) in [6.07, 6.45) is -4.45. The van der Waals surface area contributed by atoms with Gasteiger partial charge in [-0.25, -0.2) is 9.36 Å². The monoisotopic (exact) mass is 323 g/mol. The number of hydrogen-bond acceptors (Lipinski definition) is 8. The second-order valence-corrected chi connectivity index (χ2v) is 5.53. The number of nitrogens with two attached hydrogens (primary N) is 1. The minimum Gasteiger partial charge on any atom is -0.394 e. The van der Waals surface area contributed by atoms with E-state index >= 15 is 0 Å². The van der Waals surface area contributed by atoms with Crippen LogP contribution in [0.5, 0.6) is 0 Å². The van der Waals surface area contributed by atoms with Gasteiger partial charge in [-0.15, -0.1) is 0 Å². The Morgan fingerprint density at radius 2 is 2.19 bits per heavy atom. The van der Waals surface area contributed by atoms with Gasteiger partial charge in [0, 0.05) is 6.20 Å². The maximum absolute atomic E-state index is 11.7. The second-order valence-electron chi connectivity index (χ2n) is 4.34. The number of rotatable bonds is 4. The molecule has 1 aliphatic heterocycles. The number of phosphoric ester groups is 1. The number of aliphatic hydroxyl groups is 2. The molecule has 21 heavy (non-hydrogen) atoms. The van der Waals surface area contributed by atoms with Crippen LogP contribution in [-0.2, 0) is 13.8 Å². The van der Waals surface area contributed by atoms with E-state index in [-0.39, 0.29) is 5.82 Å². The Labute approximate surface area is 117 Å². The quantitative estimate of drug-likeness (QED) is 0.374. The molecule has 0 spiro atoms. The number of phosphoric acid groups is 1. The summed E-state index contributed by atoms with van der Waals surface area (Å²) in [5, 5.41) is 19.2. The van der Waals surface area contributed by atoms with Crippen LogP contribution >= 0.6 is 7.82 Å². The zero-order valence-electron chi connectivity index (χ0n) is 10.5. The Balaban J connectivity index is 2.31. The average Bonchev–Trinajstić information content (AvgIpc) is 2.65. The highest BCUT2D eigenvalue weighted by molar-refractivity contribution is 7.46. The molecule has 12 heteroatoms. The first-order valence-electron chi connectivity index (χ1n) is 5.76. The van der Waals surface area contributed by atoms with Crippen molar-refractivity contribution in [2.24, 2.45) is 0 Å². The lowest BCUT2D eigenvalue weighted by Gasteiger charge is -2.20. The van der Waals surface area contributed by atoms with Crippen LogP contribution in [0, 0.1) is 0 Å². The van der Waals surface area contributed by atoms with Gasteiger partial charge in [0.1, 0.15) is 24.1 Å². The van der Waals surface area contributed by atoms with Crippen molar-refractivity contribution in [1.82, 2.24) is 9.55 Å². The van der Waals surface area contributed by atoms with E-state index in [1.54, 1.807) is 0 Å². The third-order valence-corrected chi connectivity index (χ3v) is 3.39. The molecule has 1 saturated heterocycles. The predicted octanol–water partition coefficient (Wildman–Crippen LogP) is -2.45. The smallest absolute Gasteiger partial charge is 0.394 e. The predicted molar refractivity (Wildman–Crippen MR) is 66.8 cm³/mol. The summed E-state index contributed by atoms with van der Waals surface area (Å²) in [4.78, 5) is 32.7. The van der Waals surface area contributed by atoms with Crippen LogP contribution in [0.25, 0.3) is 0 Å². The van der Waals surface area contributed by atoms with Crippen LogP contribution in [0.2, 0.25) is 0 Å². The van der Waals surface area contributed by atoms with Crippen molar-refractivity contribution in [2.75, 3.05) is 12.3 Å². The highest BCUT2D eigenvalue weighted by atomic mass is 31.2. The van der Waals surface area contributed by atoms with Gasteiger partial charge < -0.3 is 30.5 Å². The van der Waals surface area contributed by atoms with Gasteiger partial charge in [0.05, 0.1) is 6.61 Å². The molecular formula is C9H14N3O8P. The third-order valence-electron chi connectivity index (χ3n) is 2.87. The molecular weight excluding hydrogens is 309 g/mol. The van der Waals surface area contributed by atoms with Gasteiger partial charge in [0.15, 0.2) is 6.23 Å². The summed E-state index contributed by atoms with van der Waals surface area (Å²) < 4.78 is 21.4. The second kappa shape index (κ2) is 5.81. The molecule has 1 aliphatic rings. The Hall–Kier alpha value is -1.33. The van der Waals surface area contributed by atoms with E-state index in [0.29, 0.717) is 0 Å². The maximum atomic E-state index is 11.7. The van der Waals surface area contributed by atoms with Crippen LogP contribution in [0.3, 0.4) is 0 Å². The zero-order valence-corrected chi connectivity index (χ0v) is 11.4. The molecule has 0 bridgehead atoms. The van der Waals surface area contributed by atoms with Crippen molar-refractivity contribution in [3.8, 4) is 0 Å². The number of nitrogen functional groups attached to an aromatic ring is 1. The SMILES string of the molecule is Nc1ccn([C@@H]2O[C@H](CO)[C@H](OP(=O)(O)O)C2O)c(=O)n1. The molecule has 6 N–H and O–H groups in total. The normalized spacial score (nSPS) is 29.7. The van der Waals surface area contributed by atoms with E-state index < -0.39 is 44.7 Å². The van der Waals surface area contributed by atoms with Crippen LogP contribution in [0.1, 0.15) is 6.23 Å². The van der Waals surface area contributed by atoms with Gasteiger partial charge in [-0.1, -0.05) is 0 Å². The van der Waals surface area contributed by atoms with Crippen LogP contribution in [0.4, 0.5) is 5.82 Å². The summed E-state index contributed by atoms with van der Waals surface area (Å²) in [6.45, 7) is -0.671. The van der Waals surface area contributed by atoms with E-state index in [0.717, 1.165) is 4.57 Å². The molecule has 2 rings (SSSR count). The molecule has 11 nitrogen and oxygen atoms in total. The van der Waals surface area contributed by atoms with E-state index in [1.165, 1.54) is 12.3 Å². The minimum absolute atomic E-state index is 0.0366. The largest absolute Gasteiger partial charge is 0.470 e. The van der Waals surface area contributed by atoms with Crippen LogP contribution in [-0.4, -0.2) is 54.5 Å². The van der Waals surface area contributed by atoms with Gasteiger partial charge in [0.2, 0.25) is 0 Å². The number of hydrogen-bond donors (Lipinski definition) is 5. The Bertz CT molecular complexity index is 615. The molecule has 0 saturated carbocycles. The Morgan fingerprint density at radius 1 is 1.52 bits per heavy atom. The average molecular weight is 323 g/mol. The summed E-state index contributed by atoms with van der Waals surface area (Å²) in [5.41, 5.74) is 4.50. The number of aliphatic hydroxyl groups excluding tert-OH is 2. The first-order chi connectivity index (χ1) is 9.73. The summed E-state index contributed by atoms with van der Waals surface area (Å²) in [7, 11) is -4.91. The summed E-state index contributed by atoms with van der Waals surface area (Å²) >= 11 is 0. The molecule has 4 atom stereocenters. The van der Waals surface area contributed by atoms with E-state index in [1.807, 2.05) is 0 Å². The van der Waals surface area contributed by atoms with Crippen LogP contribution in [0.15, 0.2) is 17.1 Å². The molecule has 0 radical (unpaired) electrons. The molecule has 0 aliphatic carbocycles. The fraction of sp³-hybridized carbons (Fsp3) is 0.556. The number of anilines is 1. The molecule has 1 aromatic rings. The van der Waals surface area contributed by atoms with E-state index in [4.69, 9.17) is 25.4 Å².